The van der Waals surface area contributed by atoms with Gasteiger partial charge in [0, 0.05) is 10.5 Å². The van der Waals surface area contributed by atoms with E-state index < -0.39 is 22.5 Å². The summed E-state index contributed by atoms with van der Waals surface area (Å²) >= 11 is 0. The van der Waals surface area contributed by atoms with Gasteiger partial charge in [-0.05, 0) is 17.9 Å². The number of rotatable bonds is 11. The summed E-state index contributed by atoms with van der Waals surface area (Å²) in [5.74, 6) is -1.45. The van der Waals surface area contributed by atoms with Crippen LogP contribution in [0.15, 0.2) is 35.9 Å². The predicted octanol–water partition coefficient (Wildman–Crippen LogP) is 4.06. The number of hydrogen-bond acceptors (Lipinski definition) is 6. The highest BCUT2D eigenvalue weighted by Crippen LogP contribution is 2.29. The van der Waals surface area contributed by atoms with E-state index in [9.17, 15) is 25.0 Å². The van der Waals surface area contributed by atoms with Crippen LogP contribution in [-0.2, 0) is 9.63 Å². The first kappa shape index (κ1) is 21.3. The molecule has 0 fully saturated rings. The van der Waals surface area contributed by atoms with Gasteiger partial charge in [-0.1, -0.05) is 69.9 Å². The molecular formula is C18H24N2O6. The zero-order chi connectivity index (χ0) is 19.5. The van der Waals surface area contributed by atoms with Gasteiger partial charge in [-0.15, -0.1) is 10.1 Å². The Bertz CT molecular complexity index is 657. The first-order valence-corrected chi connectivity index (χ1v) is 8.63. The molecule has 0 heterocycles. The van der Waals surface area contributed by atoms with Gasteiger partial charge in [-0.25, -0.2) is 4.84 Å². The Kier molecular flexibility index (Phi) is 8.97. The summed E-state index contributed by atoms with van der Waals surface area (Å²) in [7, 11) is 0. The van der Waals surface area contributed by atoms with Gasteiger partial charge < -0.3 is 0 Å². The molecule has 0 saturated carbocycles. The van der Waals surface area contributed by atoms with E-state index >= 15 is 0 Å². The van der Waals surface area contributed by atoms with Crippen molar-refractivity contribution >= 4 is 11.5 Å². The highest BCUT2D eigenvalue weighted by atomic mass is 17.0. The standard InChI is InChI=1S/C18H24N2O6/c1-3-4-5-7-10-14(2)16(13-19(22)23)17(18(21)26-20(24)25)15-11-8-6-9-12-15/h6,8-9,11-12,14H,3-5,7,10,13H2,1-2H3/b17-16-. The third-order valence-corrected chi connectivity index (χ3v) is 4.13. The SMILES string of the molecule is CCCCCCC(C)/C(C[N+](=O)[O-])=C(\C(=O)O[N+](=O)[O-])c1ccccc1. The van der Waals surface area contributed by atoms with Gasteiger partial charge in [-0.3, -0.25) is 14.9 Å². The Morgan fingerprint density at radius 1 is 1.12 bits per heavy atom. The van der Waals surface area contributed by atoms with Gasteiger partial charge in [0.2, 0.25) is 6.54 Å². The molecule has 8 nitrogen and oxygen atoms in total. The Morgan fingerprint density at radius 3 is 2.31 bits per heavy atom. The Balaban J connectivity index is 3.29. The highest BCUT2D eigenvalue weighted by molar-refractivity contribution is 6.17. The van der Waals surface area contributed by atoms with Crippen LogP contribution in [0, 0.1) is 26.1 Å². The molecule has 1 rings (SSSR count). The molecule has 1 aromatic carbocycles. The summed E-state index contributed by atoms with van der Waals surface area (Å²) in [5, 5.41) is 20.6. The van der Waals surface area contributed by atoms with Crippen molar-refractivity contribution in [2.45, 2.75) is 46.0 Å². The third-order valence-electron chi connectivity index (χ3n) is 4.13. The molecule has 1 unspecified atom stereocenters. The van der Waals surface area contributed by atoms with E-state index in [1.807, 2.05) is 0 Å². The molecule has 0 aliphatic carbocycles. The lowest BCUT2D eigenvalue weighted by molar-refractivity contribution is -0.728. The summed E-state index contributed by atoms with van der Waals surface area (Å²) in [6.45, 7) is 3.32. The minimum Gasteiger partial charge on any atom is -0.264 e. The summed E-state index contributed by atoms with van der Waals surface area (Å²) in [4.78, 5) is 37.7. The third kappa shape index (κ3) is 7.00. The second-order valence-corrected chi connectivity index (χ2v) is 6.11. The minimum absolute atomic E-state index is 0.0954. The molecule has 0 aromatic heterocycles. The predicted molar refractivity (Wildman–Crippen MR) is 96.2 cm³/mol. The van der Waals surface area contributed by atoms with Gasteiger partial charge in [0.1, 0.15) is 0 Å². The molecule has 8 heteroatoms. The average molecular weight is 364 g/mol. The van der Waals surface area contributed by atoms with Crippen LogP contribution in [0.1, 0.15) is 51.5 Å². The van der Waals surface area contributed by atoms with E-state index in [-0.39, 0.29) is 17.1 Å². The van der Waals surface area contributed by atoms with Crippen molar-refractivity contribution < 1.29 is 19.6 Å². The molecule has 0 N–H and O–H groups in total. The maximum Gasteiger partial charge on any atom is 0.335 e. The molecule has 0 saturated heterocycles. The monoisotopic (exact) mass is 364 g/mol. The van der Waals surface area contributed by atoms with Crippen molar-refractivity contribution in [2.24, 2.45) is 5.92 Å². The first-order chi connectivity index (χ1) is 12.4. The Morgan fingerprint density at radius 2 is 1.77 bits per heavy atom. The van der Waals surface area contributed by atoms with E-state index in [0.717, 1.165) is 25.7 Å². The van der Waals surface area contributed by atoms with Crippen LogP contribution in [0.5, 0.6) is 0 Å². The lowest BCUT2D eigenvalue weighted by Gasteiger charge is -2.17. The number of carbonyl (C=O) groups excluding carboxylic acids is 1. The molecule has 0 bridgehead atoms. The molecule has 142 valence electrons. The second kappa shape index (κ2) is 11.0. The number of unbranched alkanes of at least 4 members (excludes halogenated alkanes) is 3. The van der Waals surface area contributed by atoms with E-state index in [2.05, 4.69) is 11.8 Å². The van der Waals surface area contributed by atoms with Gasteiger partial charge in [0.15, 0.2) is 0 Å². The van der Waals surface area contributed by atoms with Crippen LogP contribution in [-0.4, -0.2) is 22.5 Å². The molecule has 26 heavy (non-hydrogen) atoms. The van der Waals surface area contributed by atoms with Crippen LogP contribution >= 0.6 is 0 Å². The maximum absolute atomic E-state index is 12.3. The normalized spacial score (nSPS) is 12.8. The molecule has 0 aliphatic rings. The first-order valence-electron chi connectivity index (χ1n) is 8.63. The van der Waals surface area contributed by atoms with E-state index in [4.69, 9.17) is 0 Å². The van der Waals surface area contributed by atoms with Gasteiger partial charge in [0.25, 0.3) is 0 Å². The molecule has 0 aliphatic heterocycles. The van der Waals surface area contributed by atoms with Crippen LogP contribution in [0.4, 0.5) is 0 Å². The minimum atomic E-state index is -1.19. The lowest BCUT2D eigenvalue weighted by atomic mass is 9.88. The molecule has 1 atom stereocenters. The summed E-state index contributed by atoms with van der Waals surface area (Å²) in [5.41, 5.74) is 0.531. The smallest absolute Gasteiger partial charge is 0.264 e. The number of carbonyl (C=O) groups is 1. The van der Waals surface area contributed by atoms with E-state index in [1.165, 1.54) is 0 Å². The highest BCUT2D eigenvalue weighted by Gasteiger charge is 2.27. The van der Waals surface area contributed by atoms with Crippen molar-refractivity contribution in [2.75, 3.05) is 6.54 Å². The number of nitro groups is 1. The van der Waals surface area contributed by atoms with E-state index in [0.29, 0.717) is 12.0 Å². The van der Waals surface area contributed by atoms with Gasteiger partial charge >= 0.3 is 11.1 Å². The fourth-order valence-corrected chi connectivity index (χ4v) is 2.82. The quantitative estimate of drug-likeness (QED) is 0.253. The molecule has 1 aromatic rings. The van der Waals surface area contributed by atoms with Crippen LogP contribution in [0.3, 0.4) is 0 Å². The fraction of sp³-hybridized carbons (Fsp3) is 0.500. The van der Waals surface area contributed by atoms with Crippen LogP contribution in [0.2, 0.25) is 0 Å². The summed E-state index contributed by atoms with van der Waals surface area (Å²) in [6.07, 6.45) is 4.65. The number of benzene rings is 1. The molecular weight excluding hydrogens is 340 g/mol. The zero-order valence-electron chi connectivity index (χ0n) is 15.1. The van der Waals surface area contributed by atoms with Gasteiger partial charge in [0.05, 0.1) is 5.57 Å². The van der Waals surface area contributed by atoms with Crippen LogP contribution < -0.4 is 0 Å². The maximum atomic E-state index is 12.3. The van der Waals surface area contributed by atoms with Crippen molar-refractivity contribution in [3.8, 4) is 0 Å². The molecule has 0 amide bonds. The average Bonchev–Trinajstić information content (AvgIpc) is 2.58. The van der Waals surface area contributed by atoms with Crippen molar-refractivity contribution in [3.63, 3.8) is 0 Å². The molecule has 0 radical (unpaired) electrons. The van der Waals surface area contributed by atoms with Crippen LogP contribution in [0.25, 0.3) is 5.57 Å². The molecule has 0 spiro atoms. The Hall–Kier alpha value is -2.77. The summed E-state index contributed by atoms with van der Waals surface area (Å²) < 4.78 is 0. The van der Waals surface area contributed by atoms with Gasteiger partial charge in [-0.2, -0.15) is 0 Å². The Labute approximate surface area is 152 Å². The largest absolute Gasteiger partial charge is 0.335 e. The van der Waals surface area contributed by atoms with E-state index in [1.54, 1.807) is 37.3 Å². The topological polar surface area (TPSA) is 113 Å². The van der Waals surface area contributed by atoms with Crippen molar-refractivity contribution in [1.29, 1.82) is 0 Å². The zero-order valence-corrected chi connectivity index (χ0v) is 15.1. The number of hydrogen-bond donors (Lipinski definition) is 0. The number of nitrogens with zero attached hydrogens (tertiary/aromatic N) is 2. The van der Waals surface area contributed by atoms with Crippen molar-refractivity contribution in [3.05, 3.63) is 61.7 Å². The lowest BCUT2D eigenvalue weighted by Crippen LogP contribution is -2.20. The second-order valence-electron chi connectivity index (χ2n) is 6.11. The van der Waals surface area contributed by atoms with Crippen molar-refractivity contribution in [1.82, 2.24) is 0 Å². The fourth-order valence-electron chi connectivity index (χ4n) is 2.82. The summed E-state index contributed by atoms with van der Waals surface area (Å²) in [6, 6.07) is 8.21.